The number of nitrogens with one attached hydrogen (secondary N) is 1. The summed E-state index contributed by atoms with van der Waals surface area (Å²) in [7, 11) is 0. The molecular formula is C14H19NO3. The summed E-state index contributed by atoms with van der Waals surface area (Å²) in [5, 5.41) is 21.6. The first-order valence-corrected chi connectivity index (χ1v) is 6.35. The molecule has 0 unspecified atom stereocenters. The van der Waals surface area contributed by atoms with Crippen molar-refractivity contribution in [2.75, 3.05) is 5.32 Å². The Hall–Kier alpha value is -1.71. The van der Waals surface area contributed by atoms with Gasteiger partial charge in [-0.25, -0.2) is 0 Å². The van der Waals surface area contributed by atoms with E-state index in [1.807, 2.05) is 6.92 Å². The normalized spacial score (nSPS) is 18.3. The zero-order valence-electron chi connectivity index (χ0n) is 10.6. The van der Waals surface area contributed by atoms with E-state index in [1.165, 1.54) is 24.6 Å². The molecule has 1 aliphatic rings. The van der Waals surface area contributed by atoms with E-state index in [9.17, 15) is 15.0 Å². The summed E-state index contributed by atoms with van der Waals surface area (Å²) >= 11 is 0. The third-order valence-corrected chi connectivity index (χ3v) is 3.73. The van der Waals surface area contributed by atoms with Gasteiger partial charge in [-0.15, -0.1) is 0 Å². The van der Waals surface area contributed by atoms with E-state index in [2.05, 4.69) is 5.32 Å². The van der Waals surface area contributed by atoms with E-state index < -0.39 is 0 Å². The van der Waals surface area contributed by atoms with Crippen molar-refractivity contribution in [2.24, 2.45) is 5.41 Å². The van der Waals surface area contributed by atoms with E-state index in [-0.39, 0.29) is 22.8 Å². The predicted octanol–water partition coefficient (Wildman–Crippen LogP) is 3.01. The Morgan fingerprint density at radius 2 is 1.89 bits per heavy atom. The first kappa shape index (κ1) is 12.7. The fourth-order valence-electron chi connectivity index (χ4n) is 2.46. The fourth-order valence-corrected chi connectivity index (χ4v) is 2.46. The van der Waals surface area contributed by atoms with Crippen LogP contribution in [0.25, 0.3) is 0 Å². The maximum atomic E-state index is 12.2. The highest BCUT2D eigenvalue weighted by molar-refractivity contribution is 5.96. The van der Waals surface area contributed by atoms with Gasteiger partial charge < -0.3 is 15.5 Å². The largest absolute Gasteiger partial charge is 0.508 e. The van der Waals surface area contributed by atoms with Gasteiger partial charge in [0, 0.05) is 11.5 Å². The molecule has 98 valence electrons. The van der Waals surface area contributed by atoms with E-state index in [4.69, 9.17) is 0 Å². The number of rotatable bonds is 2. The van der Waals surface area contributed by atoms with Crippen molar-refractivity contribution in [3.63, 3.8) is 0 Å². The minimum Gasteiger partial charge on any atom is -0.508 e. The van der Waals surface area contributed by atoms with Gasteiger partial charge in [-0.2, -0.15) is 0 Å². The molecule has 3 N–H and O–H groups in total. The van der Waals surface area contributed by atoms with Crippen molar-refractivity contribution in [3.8, 4) is 11.5 Å². The van der Waals surface area contributed by atoms with E-state index in [0.717, 1.165) is 25.7 Å². The Bertz CT molecular complexity index is 450. The number of phenols is 2. The van der Waals surface area contributed by atoms with Crippen molar-refractivity contribution < 1.29 is 15.0 Å². The van der Waals surface area contributed by atoms with Crippen LogP contribution in [-0.4, -0.2) is 16.1 Å². The van der Waals surface area contributed by atoms with E-state index in [1.54, 1.807) is 0 Å². The van der Waals surface area contributed by atoms with Gasteiger partial charge in [0.1, 0.15) is 11.5 Å². The first-order chi connectivity index (χ1) is 8.51. The van der Waals surface area contributed by atoms with Crippen LogP contribution in [0.5, 0.6) is 11.5 Å². The lowest BCUT2D eigenvalue weighted by atomic mass is 9.75. The molecule has 18 heavy (non-hydrogen) atoms. The zero-order valence-corrected chi connectivity index (χ0v) is 10.6. The van der Waals surface area contributed by atoms with Crippen LogP contribution in [0.15, 0.2) is 18.2 Å². The van der Waals surface area contributed by atoms with Gasteiger partial charge >= 0.3 is 0 Å². The van der Waals surface area contributed by atoms with Crippen LogP contribution in [-0.2, 0) is 4.79 Å². The summed E-state index contributed by atoms with van der Waals surface area (Å²) in [6.45, 7) is 1.97. The Morgan fingerprint density at radius 1 is 1.22 bits per heavy atom. The van der Waals surface area contributed by atoms with Gasteiger partial charge in [0.05, 0.1) is 5.69 Å². The second-order valence-corrected chi connectivity index (χ2v) is 5.28. The smallest absolute Gasteiger partial charge is 0.230 e. The lowest BCUT2D eigenvalue weighted by Crippen LogP contribution is -2.35. The Balaban J connectivity index is 2.11. The van der Waals surface area contributed by atoms with Gasteiger partial charge in [-0.3, -0.25) is 4.79 Å². The summed E-state index contributed by atoms with van der Waals surface area (Å²) in [6, 6.07) is 4.17. The number of hydrogen-bond donors (Lipinski definition) is 3. The van der Waals surface area contributed by atoms with E-state index >= 15 is 0 Å². The van der Waals surface area contributed by atoms with Crippen molar-refractivity contribution in [1.82, 2.24) is 0 Å². The molecule has 0 saturated heterocycles. The van der Waals surface area contributed by atoms with Crippen molar-refractivity contribution >= 4 is 11.6 Å². The van der Waals surface area contributed by atoms with Gasteiger partial charge in [0.15, 0.2) is 0 Å². The summed E-state index contributed by atoms with van der Waals surface area (Å²) in [5.41, 5.74) is 0.00681. The van der Waals surface area contributed by atoms with Gasteiger partial charge in [-0.05, 0) is 25.0 Å². The predicted molar refractivity (Wildman–Crippen MR) is 69.6 cm³/mol. The van der Waals surface area contributed by atoms with Crippen LogP contribution in [0.4, 0.5) is 5.69 Å². The Morgan fingerprint density at radius 3 is 2.50 bits per heavy atom. The maximum absolute atomic E-state index is 12.2. The molecule has 4 heteroatoms. The molecule has 1 aromatic carbocycles. The number of benzene rings is 1. The van der Waals surface area contributed by atoms with Crippen LogP contribution >= 0.6 is 0 Å². The molecule has 1 aromatic rings. The molecule has 0 aromatic heterocycles. The molecule has 1 fully saturated rings. The molecule has 1 amide bonds. The van der Waals surface area contributed by atoms with Gasteiger partial charge in [-0.1, -0.05) is 26.2 Å². The molecule has 0 radical (unpaired) electrons. The molecular weight excluding hydrogens is 230 g/mol. The average molecular weight is 249 g/mol. The third-order valence-electron chi connectivity index (χ3n) is 3.73. The van der Waals surface area contributed by atoms with Crippen molar-refractivity contribution in [1.29, 1.82) is 0 Å². The lowest BCUT2D eigenvalue weighted by Gasteiger charge is -2.32. The van der Waals surface area contributed by atoms with Crippen molar-refractivity contribution in [2.45, 2.75) is 39.0 Å². The number of anilines is 1. The van der Waals surface area contributed by atoms with Crippen molar-refractivity contribution in [3.05, 3.63) is 18.2 Å². The molecule has 0 bridgehead atoms. The van der Waals surface area contributed by atoms with Crippen LogP contribution < -0.4 is 5.32 Å². The number of amides is 1. The van der Waals surface area contributed by atoms with Crippen LogP contribution in [0, 0.1) is 5.41 Å². The highest BCUT2D eigenvalue weighted by atomic mass is 16.3. The standard InChI is InChI=1S/C14H19NO3/c1-14(7-3-2-4-8-14)13(18)15-11-6-5-10(16)9-12(11)17/h5-6,9,16-17H,2-4,7-8H2,1H3,(H,15,18). The molecule has 2 rings (SSSR count). The quantitative estimate of drug-likeness (QED) is 0.557. The number of hydrogen-bond acceptors (Lipinski definition) is 3. The number of carbonyl (C=O) groups excluding carboxylic acids is 1. The molecule has 0 aliphatic heterocycles. The lowest BCUT2D eigenvalue weighted by molar-refractivity contribution is -0.126. The first-order valence-electron chi connectivity index (χ1n) is 6.35. The van der Waals surface area contributed by atoms with Gasteiger partial charge in [0.25, 0.3) is 0 Å². The Kier molecular flexibility index (Phi) is 3.45. The van der Waals surface area contributed by atoms with Crippen LogP contribution in [0.1, 0.15) is 39.0 Å². The molecule has 4 nitrogen and oxygen atoms in total. The topological polar surface area (TPSA) is 69.6 Å². The molecule has 0 atom stereocenters. The second-order valence-electron chi connectivity index (χ2n) is 5.28. The molecule has 1 aliphatic carbocycles. The highest BCUT2D eigenvalue weighted by Gasteiger charge is 2.34. The summed E-state index contributed by atoms with van der Waals surface area (Å²) < 4.78 is 0. The Labute approximate surface area is 107 Å². The molecule has 1 saturated carbocycles. The molecule has 0 heterocycles. The van der Waals surface area contributed by atoms with Gasteiger partial charge in [0.2, 0.25) is 5.91 Å². The summed E-state index contributed by atoms with van der Waals surface area (Å²) in [5.74, 6) is -0.180. The van der Waals surface area contributed by atoms with E-state index in [0.29, 0.717) is 5.69 Å². The fraction of sp³-hybridized carbons (Fsp3) is 0.500. The number of phenolic OH excluding ortho intramolecular Hbond substituents is 2. The summed E-state index contributed by atoms with van der Waals surface area (Å²) in [6.07, 6.45) is 5.11. The summed E-state index contributed by atoms with van der Waals surface area (Å²) in [4.78, 5) is 12.2. The van der Waals surface area contributed by atoms with Crippen LogP contribution in [0.2, 0.25) is 0 Å². The maximum Gasteiger partial charge on any atom is 0.230 e. The second kappa shape index (κ2) is 4.88. The highest BCUT2D eigenvalue weighted by Crippen LogP contribution is 2.37. The number of carbonyl (C=O) groups is 1. The minimum absolute atomic E-state index is 0.0191. The average Bonchev–Trinajstić information content (AvgIpc) is 2.33. The monoisotopic (exact) mass is 249 g/mol. The zero-order chi connectivity index (χ0) is 13.2. The third kappa shape index (κ3) is 2.58. The SMILES string of the molecule is CC1(C(=O)Nc2ccc(O)cc2O)CCCCC1. The number of aromatic hydroxyl groups is 2. The van der Waals surface area contributed by atoms with Crippen LogP contribution in [0.3, 0.4) is 0 Å². The minimum atomic E-state index is -0.345. The molecule has 0 spiro atoms.